The molecule has 4 heteroatoms. The zero-order chi connectivity index (χ0) is 14.7. The van der Waals surface area contributed by atoms with Crippen LogP contribution in [0.4, 0.5) is 0 Å². The van der Waals surface area contributed by atoms with E-state index < -0.39 is 0 Å². The van der Waals surface area contributed by atoms with Crippen LogP contribution in [0.3, 0.4) is 0 Å². The molecule has 3 aromatic rings. The number of hydrogen-bond donors (Lipinski definition) is 1. The van der Waals surface area contributed by atoms with Crippen molar-refractivity contribution in [2.24, 2.45) is 0 Å². The number of likely N-dealkylation sites (N-methyl/N-ethyl adjacent to an activating group) is 1. The van der Waals surface area contributed by atoms with Gasteiger partial charge in [-0.15, -0.1) is 0 Å². The van der Waals surface area contributed by atoms with E-state index in [9.17, 15) is 0 Å². The van der Waals surface area contributed by atoms with Crippen molar-refractivity contribution >= 4 is 5.65 Å². The molecular formula is C17H19N3O. The number of aromatic nitrogens is 2. The molecule has 0 saturated heterocycles. The first-order valence-electron chi connectivity index (χ1n) is 7.10. The average molecular weight is 281 g/mol. The maximum Gasteiger partial charge on any atom is 0.137 e. The smallest absolute Gasteiger partial charge is 0.137 e. The van der Waals surface area contributed by atoms with Gasteiger partial charge in [0.2, 0.25) is 0 Å². The van der Waals surface area contributed by atoms with Crippen molar-refractivity contribution in [2.75, 3.05) is 20.2 Å². The van der Waals surface area contributed by atoms with Gasteiger partial charge in [-0.05, 0) is 19.2 Å². The van der Waals surface area contributed by atoms with E-state index in [1.54, 1.807) is 0 Å². The van der Waals surface area contributed by atoms with Crippen molar-refractivity contribution in [3.05, 3.63) is 60.4 Å². The number of nitrogens with zero attached hydrogens (tertiary/aromatic N) is 3. The molecule has 21 heavy (non-hydrogen) atoms. The zero-order valence-electron chi connectivity index (χ0n) is 12.1. The number of aliphatic hydroxyl groups excluding tert-OH is 1. The van der Waals surface area contributed by atoms with Crippen molar-refractivity contribution in [3.63, 3.8) is 0 Å². The fourth-order valence-corrected chi connectivity index (χ4v) is 2.53. The van der Waals surface area contributed by atoms with E-state index in [0.717, 1.165) is 29.1 Å². The number of pyridine rings is 1. The van der Waals surface area contributed by atoms with E-state index >= 15 is 0 Å². The Balaban J connectivity index is 2.10. The molecule has 4 nitrogen and oxygen atoms in total. The summed E-state index contributed by atoms with van der Waals surface area (Å²) in [6, 6.07) is 16.3. The lowest BCUT2D eigenvalue weighted by Crippen LogP contribution is -2.22. The molecule has 1 N–H and O–H groups in total. The van der Waals surface area contributed by atoms with Crippen molar-refractivity contribution in [1.82, 2.24) is 14.3 Å². The Labute approximate surface area is 124 Å². The van der Waals surface area contributed by atoms with E-state index in [0.29, 0.717) is 6.54 Å². The molecule has 108 valence electrons. The van der Waals surface area contributed by atoms with Gasteiger partial charge in [-0.3, -0.25) is 4.90 Å². The zero-order valence-corrected chi connectivity index (χ0v) is 12.1. The number of rotatable bonds is 5. The third-order valence-corrected chi connectivity index (χ3v) is 3.58. The Hall–Kier alpha value is -2.17. The van der Waals surface area contributed by atoms with Gasteiger partial charge >= 0.3 is 0 Å². The summed E-state index contributed by atoms with van der Waals surface area (Å²) in [5.74, 6) is 0. The van der Waals surface area contributed by atoms with Crippen LogP contribution in [-0.2, 0) is 6.54 Å². The summed E-state index contributed by atoms with van der Waals surface area (Å²) in [7, 11) is 2.01. The number of fused-ring (bicyclic) bond motifs is 1. The van der Waals surface area contributed by atoms with Gasteiger partial charge in [0, 0.05) is 24.8 Å². The summed E-state index contributed by atoms with van der Waals surface area (Å²) in [5, 5.41) is 9.10. The van der Waals surface area contributed by atoms with Crippen molar-refractivity contribution in [2.45, 2.75) is 6.54 Å². The molecule has 0 aliphatic rings. The van der Waals surface area contributed by atoms with E-state index in [1.165, 1.54) is 0 Å². The minimum absolute atomic E-state index is 0.161. The second-order valence-electron chi connectivity index (χ2n) is 5.16. The quantitative estimate of drug-likeness (QED) is 0.781. The highest BCUT2D eigenvalue weighted by molar-refractivity contribution is 5.66. The molecule has 0 bridgehead atoms. The summed E-state index contributed by atoms with van der Waals surface area (Å²) in [6.45, 7) is 1.55. The molecule has 0 aliphatic carbocycles. The topological polar surface area (TPSA) is 40.8 Å². The van der Waals surface area contributed by atoms with Crippen LogP contribution in [0.2, 0.25) is 0 Å². The highest BCUT2D eigenvalue weighted by Gasteiger charge is 2.14. The highest BCUT2D eigenvalue weighted by Crippen LogP contribution is 2.25. The molecule has 0 radical (unpaired) electrons. The molecule has 1 aromatic carbocycles. The Morgan fingerprint density at radius 2 is 1.86 bits per heavy atom. The minimum atomic E-state index is 0.161. The fourth-order valence-electron chi connectivity index (χ4n) is 2.53. The maximum absolute atomic E-state index is 9.10. The Kier molecular flexibility index (Phi) is 3.99. The Bertz CT molecular complexity index is 721. The first-order chi connectivity index (χ1) is 10.3. The number of imidazole rings is 1. The monoisotopic (exact) mass is 281 g/mol. The number of hydrogen-bond acceptors (Lipinski definition) is 3. The molecule has 0 atom stereocenters. The predicted molar refractivity (Wildman–Crippen MR) is 84.0 cm³/mol. The Morgan fingerprint density at radius 1 is 1.10 bits per heavy atom. The van der Waals surface area contributed by atoms with E-state index in [4.69, 9.17) is 10.1 Å². The van der Waals surface area contributed by atoms with Crippen LogP contribution in [0, 0.1) is 0 Å². The molecule has 0 amide bonds. The molecule has 2 heterocycles. The fraction of sp³-hybridized carbons (Fsp3) is 0.235. The molecule has 3 rings (SSSR count). The second-order valence-corrected chi connectivity index (χ2v) is 5.16. The lowest BCUT2D eigenvalue weighted by Gasteiger charge is -2.16. The lowest BCUT2D eigenvalue weighted by atomic mass is 10.1. The first kappa shape index (κ1) is 13.8. The molecule has 0 aliphatic heterocycles. The van der Waals surface area contributed by atoms with Crippen LogP contribution in [0.5, 0.6) is 0 Å². The summed E-state index contributed by atoms with van der Waals surface area (Å²) in [4.78, 5) is 6.87. The van der Waals surface area contributed by atoms with Gasteiger partial charge < -0.3 is 9.51 Å². The first-order valence-corrected chi connectivity index (χ1v) is 7.10. The third kappa shape index (κ3) is 2.82. The van der Waals surface area contributed by atoms with E-state index in [1.807, 2.05) is 49.6 Å². The molecule has 0 saturated carbocycles. The van der Waals surface area contributed by atoms with Crippen molar-refractivity contribution in [1.29, 1.82) is 0 Å². The van der Waals surface area contributed by atoms with Crippen LogP contribution in [0.1, 0.15) is 5.69 Å². The average Bonchev–Trinajstić information content (AvgIpc) is 2.87. The number of benzene rings is 1. The van der Waals surface area contributed by atoms with Crippen molar-refractivity contribution < 1.29 is 5.11 Å². The van der Waals surface area contributed by atoms with Crippen molar-refractivity contribution in [3.8, 4) is 11.3 Å². The molecule has 0 spiro atoms. The predicted octanol–water partition coefficient (Wildman–Crippen LogP) is 2.43. The van der Waals surface area contributed by atoms with Gasteiger partial charge in [-0.1, -0.05) is 36.4 Å². The third-order valence-electron chi connectivity index (χ3n) is 3.58. The van der Waals surface area contributed by atoms with Gasteiger partial charge in [0.15, 0.2) is 0 Å². The minimum Gasteiger partial charge on any atom is -0.395 e. The second kappa shape index (κ2) is 6.08. The van der Waals surface area contributed by atoms with Gasteiger partial charge in [-0.2, -0.15) is 0 Å². The Morgan fingerprint density at radius 3 is 2.62 bits per heavy atom. The molecule has 2 aromatic heterocycles. The summed E-state index contributed by atoms with van der Waals surface area (Å²) >= 11 is 0. The SMILES string of the molecule is CN(CCO)Cc1c(-c2ccccc2)nc2ccccn12. The normalized spacial score (nSPS) is 11.4. The van der Waals surface area contributed by atoms with Gasteiger partial charge in [0.1, 0.15) is 5.65 Å². The maximum atomic E-state index is 9.10. The van der Waals surface area contributed by atoms with Crippen LogP contribution in [0.25, 0.3) is 16.9 Å². The van der Waals surface area contributed by atoms with E-state index in [-0.39, 0.29) is 6.61 Å². The summed E-state index contributed by atoms with van der Waals surface area (Å²) < 4.78 is 2.12. The van der Waals surface area contributed by atoms with Crippen LogP contribution in [-0.4, -0.2) is 39.6 Å². The molecule has 0 unspecified atom stereocenters. The largest absolute Gasteiger partial charge is 0.395 e. The molecule has 0 fully saturated rings. The highest BCUT2D eigenvalue weighted by atomic mass is 16.3. The lowest BCUT2D eigenvalue weighted by molar-refractivity contribution is 0.216. The standard InChI is InChI=1S/C17H19N3O/c1-19(11-12-21)13-15-17(14-7-3-2-4-8-14)18-16-9-5-6-10-20(15)16/h2-10,21H,11-13H2,1H3. The summed E-state index contributed by atoms with van der Waals surface area (Å²) in [6.07, 6.45) is 2.04. The van der Waals surface area contributed by atoms with Crippen LogP contribution in [0.15, 0.2) is 54.7 Å². The van der Waals surface area contributed by atoms with Gasteiger partial charge in [0.25, 0.3) is 0 Å². The van der Waals surface area contributed by atoms with Crippen LogP contribution < -0.4 is 0 Å². The van der Waals surface area contributed by atoms with E-state index in [2.05, 4.69) is 21.4 Å². The molecular weight excluding hydrogens is 262 g/mol. The van der Waals surface area contributed by atoms with Gasteiger partial charge in [-0.25, -0.2) is 4.98 Å². The summed E-state index contributed by atoms with van der Waals surface area (Å²) in [5.41, 5.74) is 4.22. The van der Waals surface area contributed by atoms with Gasteiger partial charge in [0.05, 0.1) is 18.0 Å². The van der Waals surface area contributed by atoms with Crippen LogP contribution >= 0.6 is 0 Å². The number of aliphatic hydroxyl groups is 1.